The molecule has 2 aromatic heterocycles. The van der Waals surface area contributed by atoms with E-state index in [0.29, 0.717) is 16.8 Å². The average Bonchev–Trinajstić information content (AvgIpc) is 2.19. The Morgan fingerprint density at radius 2 is 1.62 bits per heavy atom. The standard InChI is InChI=1S/C8H5ClN4/c9-6-2-5-12-8(13-6)7-10-3-1-4-11-7/h1-5H. The molecule has 0 spiro atoms. The fourth-order valence-electron chi connectivity index (χ4n) is 0.859. The molecule has 0 fully saturated rings. The molecule has 0 unspecified atom stereocenters. The normalized spacial score (nSPS) is 9.92. The van der Waals surface area contributed by atoms with Gasteiger partial charge in [0.25, 0.3) is 0 Å². The summed E-state index contributed by atoms with van der Waals surface area (Å²) in [4.78, 5) is 16.0. The van der Waals surface area contributed by atoms with Crippen LogP contribution in [-0.2, 0) is 0 Å². The molecule has 2 rings (SSSR count). The summed E-state index contributed by atoms with van der Waals surface area (Å²) in [5.41, 5.74) is 0. The Morgan fingerprint density at radius 3 is 2.31 bits per heavy atom. The van der Waals surface area contributed by atoms with Crippen molar-refractivity contribution >= 4 is 11.6 Å². The Bertz CT molecular complexity index is 404. The topological polar surface area (TPSA) is 51.6 Å². The summed E-state index contributed by atoms with van der Waals surface area (Å²) in [6.45, 7) is 0. The lowest BCUT2D eigenvalue weighted by atomic mass is 10.5. The van der Waals surface area contributed by atoms with E-state index in [9.17, 15) is 0 Å². The second-order valence-electron chi connectivity index (χ2n) is 2.28. The number of rotatable bonds is 1. The van der Waals surface area contributed by atoms with Crippen LogP contribution in [-0.4, -0.2) is 19.9 Å². The van der Waals surface area contributed by atoms with Crippen molar-refractivity contribution in [3.63, 3.8) is 0 Å². The lowest BCUT2D eigenvalue weighted by Gasteiger charge is -1.96. The summed E-state index contributed by atoms with van der Waals surface area (Å²) in [7, 11) is 0. The number of hydrogen-bond acceptors (Lipinski definition) is 4. The Hall–Kier alpha value is -1.55. The van der Waals surface area contributed by atoms with Crippen molar-refractivity contribution in [3.8, 4) is 11.6 Å². The zero-order valence-electron chi connectivity index (χ0n) is 6.55. The van der Waals surface area contributed by atoms with Crippen LogP contribution in [0.15, 0.2) is 30.7 Å². The molecule has 2 aromatic rings. The van der Waals surface area contributed by atoms with E-state index in [0.717, 1.165) is 0 Å². The van der Waals surface area contributed by atoms with Gasteiger partial charge in [-0.25, -0.2) is 19.9 Å². The van der Waals surface area contributed by atoms with E-state index in [1.807, 2.05) is 0 Å². The molecule has 5 heteroatoms. The lowest BCUT2D eigenvalue weighted by molar-refractivity contribution is 1.08. The smallest absolute Gasteiger partial charge is 0.199 e. The van der Waals surface area contributed by atoms with E-state index in [1.54, 1.807) is 30.7 Å². The van der Waals surface area contributed by atoms with Gasteiger partial charge < -0.3 is 0 Å². The van der Waals surface area contributed by atoms with Crippen LogP contribution in [0.5, 0.6) is 0 Å². The molecule has 0 bridgehead atoms. The van der Waals surface area contributed by atoms with Gasteiger partial charge in [0.1, 0.15) is 5.15 Å². The molecule has 0 radical (unpaired) electrons. The number of hydrogen-bond donors (Lipinski definition) is 0. The molecule has 0 atom stereocenters. The van der Waals surface area contributed by atoms with Crippen LogP contribution in [0.1, 0.15) is 0 Å². The predicted molar refractivity (Wildman–Crippen MR) is 48.1 cm³/mol. The van der Waals surface area contributed by atoms with E-state index in [4.69, 9.17) is 11.6 Å². The largest absolute Gasteiger partial charge is 0.234 e. The average molecular weight is 193 g/mol. The van der Waals surface area contributed by atoms with Crippen LogP contribution in [0, 0.1) is 0 Å². The monoisotopic (exact) mass is 192 g/mol. The van der Waals surface area contributed by atoms with Crippen LogP contribution in [0.25, 0.3) is 11.6 Å². The van der Waals surface area contributed by atoms with Gasteiger partial charge in [0.05, 0.1) is 0 Å². The zero-order chi connectivity index (χ0) is 9.10. The second-order valence-corrected chi connectivity index (χ2v) is 2.66. The summed E-state index contributed by atoms with van der Waals surface area (Å²) in [6.07, 6.45) is 4.83. The Balaban J connectivity index is 2.48. The van der Waals surface area contributed by atoms with Crippen molar-refractivity contribution in [2.24, 2.45) is 0 Å². The summed E-state index contributed by atoms with van der Waals surface area (Å²) < 4.78 is 0. The molecule has 0 aliphatic rings. The first kappa shape index (κ1) is 8.07. The summed E-state index contributed by atoms with van der Waals surface area (Å²) in [5, 5.41) is 0.387. The van der Waals surface area contributed by atoms with E-state index >= 15 is 0 Å². The van der Waals surface area contributed by atoms with E-state index in [2.05, 4.69) is 19.9 Å². The summed E-state index contributed by atoms with van der Waals surface area (Å²) >= 11 is 5.69. The third kappa shape index (κ3) is 1.78. The minimum atomic E-state index is 0.387. The van der Waals surface area contributed by atoms with Crippen molar-refractivity contribution < 1.29 is 0 Å². The molecule has 0 amide bonds. The molecule has 0 aliphatic carbocycles. The summed E-state index contributed by atoms with van der Waals surface area (Å²) in [6, 6.07) is 3.34. The van der Waals surface area contributed by atoms with Gasteiger partial charge in [0.2, 0.25) is 0 Å². The van der Waals surface area contributed by atoms with Gasteiger partial charge in [-0.1, -0.05) is 11.6 Å². The molecule has 0 aliphatic heterocycles. The van der Waals surface area contributed by atoms with Gasteiger partial charge in [-0.05, 0) is 12.1 Å². The minimum absolute atomic E-state index is 0.387. The van der Waals surface area contributed by atoms with Crippen LogP contribution < -0.4 is 0 Å². The Labute approximate surface area is 79.7 Å². The van der Waals surface area contributed by atoms with Crippen molar-refractivity contribution in [1.82, 2.24) is 19.9 Å². The highest BCUT2D eigenvalue weighted by molar-refractivity contribution is 6.29. The third-order valence-corrected chi connectivity index (χ3v) is 1.60. The van der Waals surface area contributed by atoms with Crippen molar-refractivity contribution in [2.45, 2.75) is 0 Å². The number of halogens is 1. The molecule has 0 saturated carbocycles. The summed E-state index contributed by atoms with van der Waals surface area (Å²) in [5.74, 6) is 0.915. The van der Waals surface area contributed by atoms with Crippen molar-refractivity contribution in [2.75, 3.05) is 0 Å². The minimum Gasteiger partial charge on any atom is -0.234 e. The van der Waals surface area contributed by atoms with E-state index in [1.165, 1.54) is 0 Å². The predicted octanol–water partition coefficient (Wildman–Crippen LogP) is 1.59. The van der Waals surface area contributed by atoms with E-state index in [-0.39, 0.29) is 0 Å². The Kier molecular flexibility index (Phi) is 2.14. The molecule has 0 aromatic carbocycles. The third-order valence-electron chi connectivity index (χ3n) is 1.39. The first-order valence-electron chi connectivity index (χ1n) is 3.62. The zero-order valence-corrected chi connectivity index (χ0v) is 7.31. The molecule has 0 N–H and O–H groups in total. The highest BCUT2D eigenvalue weighted by atomic mass is 35.5. The van der Waals surface area contributed by atoms with Gasteiger partial charge in [0.15, 0.2) is 11.6 Å². The van der Waals surface area contributed by atoms with Crippen molar-refractivity contribution in [3.05, 3.63) is 35.9 Å². The van der Waals surface area contributed by atoms with Crippen LogP contribution in [0.3, 0.4) is 0 Å². The van der Waals surface area contributed by atoms with Gasteiger partial charge in [-0.3, -0.25) is 0 Å². The number of nitrogens with zero attached hydrogens (tertiary/aromatic N) is 4. The maximum Gasteiger partial charge on any atom is 0.199 e. The fourth-order valence-corrected chi connectivity index (χ4v) is 0.995. The van der Waals surface area contributed by atoms with Crippen molar-refractivity contribution in [1.29, 1.82) is 0 Å². The maximum absolute atomic E-state index is 5.69. The van der Waals surface area contributed by atoms with Crippen LogP contribution >= 0.6 is 11.6 Å². The van der Waals surface area contributed by atoms with Crippen LogP contribution in [0.4, 0.5) is 0 Å². The van der Waals surface area contributed by atoms with Gasteiger partial charge in [-0.2, -0.15) is 0 Å². The van der Waals surface area contributed by atoms with Crippen LogP contribution in [0.2, 0.25) is 5.15 Å². The SMILES string of the molecule is Clc1ccnc(-c2ncccn2)n1. The molecule has 4 nitrogen and oxygen atoms in total. The molecular weight excluding hydrogens is 188 g/mol. The van der Waals surface area contributed by atoms with Gasteiger partial charge in [-0.15, -0.1) is 0 Å². The fraction of sp³-hybridized carbons (Fsp3) is 0. The highest BCUT2D eigenvalue weighted by Gasteiger charge is 2.02. The molecule has 64 valence electrons. The molecule has 13 heavy (non-hydrogen) atoms. The maximum atomic E-state index is 5.69. The Morgan fingerprint density at radius 1 is 0.923 bits per heavy atom. The highest BCUT2D eigenvalue weighted by Crippen LogP contribution is 2.09. The molecular formula is C8H5ClN4. The van der Waals surface area contributed by atoms with E-state index < -0.39 is 0 Å². The second kappa shape index (κ2) is 3.45. The first-order valence-corrected chi connectivity index (χ1v) is 4.00. The molecule has 2 heterocycles. The van der Waals surface area contributed by atoms with Gasteiger partial charge >= 0.3 is 0 Å². The first-order chi connectivity index (χ1) is 6.36. The van der Waals surface area contributed by atoms with Gasteiger partial charge in [0, 0.05) is 18.6 Å². The molecule has 0 saturated heterocycles. The lowest BCUT2D eigenvalue weighted by Crippen LogP contribution is -1.93. The quantitative estimate of drug-likeness (QED) is 0.644. The number of aromatic nitrogens is 4.